The average molecular weight is 252 g/mol. The van der Waals surface area contributed by atoms with Gasteiger partial charge in [-0.25, -0.2) is 0 Å². The van der Waals surface area contributed by atoms with Crippen LogP contribution in [0.25, 0.3) is 0 Å². The molecule has 1 aromatic carbocycles. The summed E-state index contributed by atoms with van der Waals surface area (Å²) in [5.74, 6) is 0.284. The van der Waals surface area contributed by atoms with Crippen LogP contribution in [-0.2, 0) is 14.9 Å². The first-order chi connectivity index (χ1) is 8.55. The van der Waals surface area contributed by atoms with Gasteiger partial charge in [-0.05, 0) is 18.6 Å². The Balaban J connectivity index is 2.59. The standard InChI is InChI=1S/C13H16O5/c1-8-4-9(16-2)5-10(17-3)11(8)13(12(14)15)6-18-7-13/h4-5H,6-7H2,1-3H3,(H,14,15). The van der Waals surface area contributed by atoms with E-state index in [9.17, 15) is 9.90 Å². The molecule has 1 aliphatic rings. The van der Waals surface area contributed by atoms with E-state index in [1.54, 1.807) is 19.2 Å². The molecule has 18 heavy (non-hydrogen) atoms. The van der Waals surface area contributed by atoms with Crippen LogP contribution in [0.5, 0.6) is 11.5 Å². The minimum absolute atomic E-state index is 0.172. The molecule has 98 valence electrons. The molecule has 1 N–H and O–H groups in total. The number of hydrogen-bond donors (Lipinski definition) is 1. The third-order valence-electron chi connectivity index (χ3n) is 3.31. The minimum atomic E-state index is -0.998. The van der Waals surface area contributed by atoms with Crippen molar-refractivity contribution in [2.75, 3.05) is 27.4 Å². The maximum Gasteiger partial charge on any atom is 0.319 e. The Labute approximate surface area is 105 Å². The number of ether oxygens (including phenoxy) is 3. The van der Waals surface area contributed by atoms with Crippen molar-refractivity contribution in [3.8, 4) is 11.5 Å². The molecule has 0 amide bonds. The van der Waals surface area contributed by atoms with Crippen LogP contribution in [0.2, 0.25) is 0 Å². The van der Waals surface area contributed by atoms with Gasteiger partial charge in [-0.3, -0.25) is 4.79 Å². The fourth-order valence-corrected chi connectivity index (χ4v) is 2.30. The molecule has 1 fully saturated rings. The summed E-state index contributed by atoms with van der Waals surface area (Å²) in [6.07, 6.45) is 0. The SMILES string of the molecule is COc1cc(C)c(C2(C(=O)O)COC2)c(OC)c1. The fourth-order valence-electron chi connectivity index (χ4n) is 2.30. The van der Waals surface area contributed by atoms with Gasteiger partial charge in [0, 0.05) is 11.6 Å². The molecule has 5 nitrogen and oxygen atoms in total. The van der Waals surface area contributed by atoms with E-state index in [-0.39, 0.29) is 13.2 Å². The molecule has 1 aromatic rings. The number of rotatable bonds is 4. The Hall–Kier alpha value is -1.75. The molecular formula is C13H16O5. The summed E-state index contributed by atoms with van der Waals surface area (Å²) in [7, 11) is 3.08. The molecule has 0 radical (unpaired) electrons. The minimum Gasteiger partial charge on any atom is -0.497 e. The summed E-state index contributed by atoms with van der Waals surface area (Å²) in [5, 5.41) is 9.44. The van der Waals surface area contributed by atoms with Gasteiger partial charge in [0.15, 0.2) is 0 Å². The molecular weight excluding hydrogens is 236 g/mol. The summed E-state index contributed by atoms with van der Waals surface area (Å²) >= 11 is 0. The highest BCUT2D eigenvalue weighted by molar-refractivity contribution is 5.85. The van der Waals surface area contributed by atoms with E-state index in [0.717, 1.165) is 5.56 Å². The first kappa shape index (κ1) is 12.7. The number of aliphatic carboxylic acids is 1. The molecule has 5 heteroatoms. The van der Waals surface area contributed by atoms with E-state index < -0.39 is 11.4 Å². The summed E-state index contributed by atoms with van der Waals surface area (Å²) in [5.41, 5.74) is 0.503. The molecule has 0 aromatic heterocycles. The van der Waals surface area contributed by atoms with E-state index in [1.807, 2.05) is 6.92 Å². The maximum absolute atomic E-state index is 11.5. The summed E-state index contributed by atoms with van der Waals surface area (Å²) in [6, 6.07) is 3.51. The lowest BCUT2D eigenvalue weighted by molar-refractivity contribution is -0.163. The van der Waals surface area contributed by atoms with Gasteiger partial charge < -0.3 is 19.3 Å². The smallest absolute Gasteiger partial charge is 0.319 e. The van der Waals surface area contributed by atoms with Gasteiger partial charge in [-0.15, -0.1) is 0 Å². The number of aryl methyl sites for hydroxylation is 1. The fraction of sp³-hybridized carbons (Fsp3) is 0.462. The predicted octanol–water partition coefficient (Wildman–Crippen LogP) is 1.36. The van der Waals surface area contributed by atoms with E-state index in [0.29, 0.717) is 17.1 Å². The molecule has 0 unspecified atom stereocenters. The van der Waals surface area contributed by atoms with Crippen molar-refractivity contribution in [3.63, 3.8) is 0 Å². The lowest BCUT2D eigenvalue weighted by atomic mass is 9.76. The van der Waals surface area contributed by atoms with Crippen LogP contribution in [0.15, 0.2) is 12.1 Å². The second-order valence-electron chi connectivity index (χ2n) is 4.40. The Bertz CT molecular complexity index is 477. The molecule has 0 aliphatic carbocycles. The van der Waals surface area contributed by atoms with Crippen LogP contribution in [0.4, 0.5) is 0 Å². The van der Waals surface area contributed by atoms with Gasteiger partial charge in [-0.2, -0.15) is 0 Å². The average Bonchev–Trinajstić information content (AvgIpc) is 2.28. The monoisotopic (exact) mass is 252 g/mol. The molecule has 1 saturated heterocycles. The van der Waals surface area contributed by atoms with Crippen molar-refractivity contribution in [2.24, 2.45) is 0 Å². The van der Waals surface area contributed by atoms with Crippen molar-refractivity contribution in [2.45, 2.75) is 12.3 Å². The summed E-state index contributed by atoms with van der Waals surface area (Å²) in [6.45, 7) is 2.20. The zero-order valence-electron chi connectivity index (χ0n) is 10.6. The number of benzene rings is 1. The zero-order chi connectivity index (χ0) is 13.3. The first-order valence-corrected chi connectivity index (χ1v) is 5.59. The van der Waals surface area contributed by atoms with E-state index in [4.69, 9.17) is 14.2 Å². The molecule has 0 bridgehead atoms. The second-order valence-corrected chi connectivity index (χ2v) is 4.40. The largest absolute Gasteiger partial charge is 0.497 e. The Kier molecular flexibility index (Phi) is 3.17. The van der Waals surface area contributed by atoms with Crippen LogP contribution in [-0.4, -0.2) is 38.5 Å². The van der Waals surface area contributed by atoms with Gasteiger partial charge in [0.05, 0.1) is 27.4 Å². The summed E-state index contributed by atoms with van der Waals surface area (Å²) in [4.78, 5) is 11.5. The van der Waals surface area contributed by atoms with Crippen LogP contribution in [0.1, 0.15) is 11.1 Å². The number of carbonyl (C=O) groups is 1. The molecule has 2 rings (SSSR count). The van der Waals surface area contributed by atoms with Crippen molar-refractivity contribution in [3.05, 3.63) is 23.3 Å². The highest BCUT2D eigenvalue weighted by atomic mass is 16.5. The zero-order valence-corrected chi connectivity index (χ0v) is 10.6. The molecule has 0 saturated carbocycles. The van der Waals surface area contributed by atoms with Gasteiger partial charge in [0.2, 0.25) is 0 Å². The van der Waals surface area contributed by atoms with Gasteiger partial charge >= 0.3 is 5.97 Å². The summed E-state index contributed by atoms with van der Waals surface area (Å²) < 4.78 is 15.6. The van der Waals surface area contributed by atoms with Crippen LogP contribution < -0.4 is 9.47 Å². The number of methoxy groups -OCH3 is 2. The highest BCUT2D eigenvalue weighted by Crippen LogP contribution is 2.42. The van der Waals surface area contributed by atoms with E-state index >= 15 is 0 Å². The first-order valence-electron chi connectivity index (χ1n) is 5.59. The van der Waals surface area contributed by atoms with Crippen LogP contribution in [0, 0.1) is 6.92 Å². The number of carboxylic acids is 1. The molecule has 1 aliphatic heterocycles. The van der Waals surface area contributed by atoms with Crippen LogP contribution in [0.3, 0.4) is 0 Å². The van der Waals surface area contributed by atoms with Crippen LogP contribution >= 0.6 is 0 Å². The third-order valence-corrected chi connectivity index (χ3v) is 3.31. The van der Waals surface area contributed by atoms with Crippen molar-refractivity contribution in [1.82, 2.24) is 0 Å². The third kappa shape index (κ3) is 1.71. The van der Waals surface area contributed by atoms with Gasteiger partial charge in [0.25, 0.3) is 0 Å². The Morgan fingerprint density at radius 2 is 2.00 bits per heavy atom. The van der Waals surface area contributed by atoms with Crippen molar-refractivity contribution < 1.29 is 24.1 Å². The maximum atomic E-state index is 11.5. The predicted molar refractivity (Wildman–Crippen MR) is 64.4 cm³/mol. The van der Waals surface area contributed by atoms with Gasteiger partial charge in [0.1, 0.15) is 16.9 Å². The Morgan fingerprint density at radius 1 is 1.33 bits per heavy atom. The lowest BCUT2D eigenvalue weighted by Gasteiger charge is -2.39. The topological polar surface area (TPSA) is 65.0 Å². The van der Waals surface area contributed by atoms with E-state index in [1.165, 1.54) is 7.11 Å². The van der Waals surface area contributed by atoms with E-state index in [2.05, 4.69) is 0 Å². The lowest BCUT2D eigenvalue weighted by Crippen LogP contribution is -2.53. The number of hydrogen-bond acceptors (Lipinski definition) is 4. The highest BCUT2D eigenvalue weighted by Gasteiger charge is 2.50. The van der Waals surface area contributed by atoms with Crippen molar-refractivity contribution in [1.29, 1.82) is 0 Å². The number of carboxylic acid groups (broad SMARTS) is 1. The molecule has 1 heterocycles. The molecule has 0 spiro atoms. The molecule has 0 atom stereocenters. The second kappa shape index (κ2) is 4.49. The quantitative estimate of drug-likeness (QED) is 0.876. The Morgan fingerprint density at radius 3 is 2.39 bits per heavy atom. The van der Waals surface area contributed by atoms with Gasteiger partial charge in [-0.1, -0.05) is 0 Å². The normalized spacial score (nSPS) is 16.8. The van der Waals surface area contributed by atoms with Crippen molar-refractivity contribution >= 4 is 5.97 Å².